The van der Waals surface area contributed by atoms with Gasteiger partial charge in [0.2, 0.25) is 0 Å². The van der Waals surface area contributed by atoms with Gasteiger partial charge in [-0.3, -0.25) is 0 Å². The zero-order valence-corrected chi connectivity index (χ0v) is 9.89. The van der Waals surface area contributed by atoms with Crippen molar-refractivity contribution >= 4 is 0 Å². The van der Waals surface area contributed by atoms with Crippen LogP contribution in [0, 0.1) is 52.3 Å². The van der Waals surface area contributed by atoms with E-state index in [1.165, 1.54) is 19.3 Å². The molecule has 1 heteroatoms. The first-order valence-electron chi connectivity index (χ1n) is 6.78. The van der Waals surface area contributed by atoms with Gasteiger partial charge in [-0.25, -0.2) is 0 Å². The van der Waals surface area contributed by atoms with Crippen LogP contribution >= 0.6 is 0 Å². The van der Waals surface area contributed by atoms with E-state index in [2.05, 4.69) is 25.1 Å². The highest BCUT2D eigenvalue weighted by Crippen LogP contribution is 2.70. The minimum atomic E-state index is 0.360. The van der Waals surface area contributed by atoms with Crippen molar-refractivity contribution < 1.29 is 0 Å². The predicted octanol–water partition coefficient (Wildman–Crippen LogP) is 3.38. The standard InChI is InChI=1S/C15H19N/c1-15(4-5-16)8-11-7-12(15)14-10-3-2-9(6-10)13(11)14/h2-3,9-14H,4,6-8H2,1H3. The van der Waals surface area contributed by atoms with E-state index in [1.807, 2.05) is 0 Å². The molecule has 0 aromatic carbocycles. The molecule has 0 radical (unpaired) electrons. The van der Waals surface area contributed by atoms with E-state index in [1.54, 1.807) is 0 Å². The van der Waals surface area contributed by atoms with Crippen molar-refractivity contribution in [3.63, 3.8) is 0 Å². The fraction of sp³-hybridized carbons (Fsp3) is 0.800. The molecule has 4 aliphatic carbocycles. The Hall–Kier alpha value is -0.770. The molecule has 0 N–H and O–H groups in total. The number of fused-ring (bicyclic) bond motifs is 9. The van der Waals surface area contributed by atoms with Crippen LogP contribution in [0.3, 0.4) is 0 Å². The van der Waals surface area contributed by atoms with Crippen molar-refractivity contribution in [1.29, 1.82) is 5.26 Å². The van der Waals surface area contributed by atoms with Crippen LogP contribution in [-0.4, -0.2) is 0 Å². The lowest BCUT2D eigenvalue weighted by Crippen LogP contribution is -2.37. The van der Waals surface area contributed by atoms with Crippen molar-refractivity contribution in [1.82, 2.24) is 0 Å². The second-order valence-corrected chi connectivity index (χ2v) is 6.90. The molecule has 1 nitrogen and oxygen atoms in total. The van der Waals surface area contributed by atoms with Gasteiger partial charge in [0, 0.05) is 6.42 Å². The molecule has 0 aromatic rings. The highest BCUT2D eigenvalue weighted by atomic mass is 14.7. The zero-order chi connectivity index (χ0) is 10.9. The van der Waals surface area contributed by atoms with Gasteiger partial charge in [-0.1, -0.05) is 19.1 Å². The third kappa shape index (κ3) is 0.887. The second-order valence-electron chi connectivity index (χ2n) is 6.90. The highest BCUT2D eigenvalue weighted by Gasteiger charge is 2.64. The highest BCUT2D eigenvalue weighted by molar-refractivity contribution is 5.22. The maximum Gasteiger partial charge on any atom is 0.0627 e. The fourth-order valence-corrected chi connectivity index (χ4v) is 5.87. The Morgan fingerprint density at radius 3 is 2.75 bits per heavy atom. The summed E-state index contributed by atoms with van der Waals surface area (Å²) >= 11 is 0. The van der Waals surface area contributed by atoms with Crippen molar-refractivity contribution in [2.24, 2.45) is 40.9 Å². The molecule has 0 amide bonds. The van der Waals surface area contributed by atoms with Crippen LogP contribution in [0.5, 0.6) is 0 Å². The SMILES string of the molecule is CC1(CC#N)CC2CC1C1C3C=CC(C3)C21. The van der Waals surface area contributed by atoms with Crippen LogP contribution in [-0.2, 0) is 0 Å². The molecular formula is C15H19N. The largest absolute Gasteiger partial charge is 0.198 e. The van der Waals surface area contributed by atoms with Crippen LogP contribution in [0.1, 0.15) is 32.6 Å². The summed E-state index contributed by atoms with van der Waals surface area (Å²) in [5, 5.41) is 9.03. The maximum absolute atomic E-state index is 9.03. The van der Waals surface area contributed by atoms with Crippen LogP contribution in [0.4, 0.5) is 0 Å². The smallest absolute Gasteiger partial charge is 0.0627 e. The quantitative estimate of drug-likeness (QED) is 0.484. The van der Waals surface area contributed by atoms with Gasteiger partial charge in [0.15, 0.2) is 0 Å². The Kier molecular flexibility index (Phi) is 1.58. The lowest BCUT2D eigenvalue weighted by Gasteiger charge is -2.42. The summed E-state index contributed by atoms with van der Waals surface area (Å²) in [6.45, 7) is 2.38. The molecule has 0 saturated heterocycles. The molecule has 4 bridgehead atoms. The minimum Gasteiger partial charge on any atom is -0.198 e. The van der Waals surface area contributed by atoms with Gasteiger partial charge >= 0.3 is 0 Å². The lowest BCUT2D eigenvalue weighted by molar-refractivity contribution is 0.0784. The van der Waals surface area contributed by atoms with Gasteiger partial charge in [0.1, 0.15) is 0 Å². The van der Waals surface area contributed by atoms with Gasteiger partial charge < -0.3 is 0 Å². The first-order chi connectivity index (χ1) is 7.73. The number of nitriles is 1. The summed E-state index contributed by atoms with van der Waals surface area (Å²) in [5.41, 5.74) is 0.360. The van der Waals surface area contributed by atoms with Crippen LogP contribution in [0.25, 0.3) is 0 Å². The Morgan fingerprint density at radius 1 is 1.25 bits per heavy atom. The average Bonchev–Trinajstić information content (AvgIpc) is 2.91. The Labute approximate surface area is 97.5 Å². The molecule has 3 saturated carbocycles. The maximum atomic E-state index is 9.03. The van der Waals surface area contributed by atoms with Crippen LogP contribution in [0.2, 0.25) is 0 Å². The predicted molar refractivity (Wildman–Crippen MR) is 62.3 cm³/mol. The normalized spacial score (nSPS) is 60.2. The molecule has 0 heterocycles. The summed E-state index contributed by atoms with van der Waals surface area (Å²) in [6, 6.07) is 2.44. The van der Waals surface area contributed by atoms with Crippen molar-refractivity contribution in [2.45, 2.75) is 32.6 Å². The summed E-state index contributed by atoms with van der Waals surface area (Å²) in [7, 11) is 0. The first kappa shape index (κ1) is 9.28. The summed E-state index contributed by atoms with van der Waals surface area (Å²) in [5.74, 6) is 5.56. The summed E-state index contributed by atoms with van der Waals surface area (Å²) < 4.78 is 0. The van der Waals surface area contributed by atoms with Crippen molar-refractivity contribution in [2.75, 3.05) is 0 Å². The number of hydrogen-bond donors (Lipinski definition) is 0. The molecule has 0 spiro atoms. The Morgan fingerprint density at radius 2 is 2.00 bits per heavy atom. The number of nitrogens with zero attached hydrogens (tertiary/aromatic N) is 1. The minimum absolute atomic E-state index is 0.360. The lowest BCUT2D eigenvalue weighted by atomic mass is 9.62. The molecule has 4 aliphatic rings. The number of rotatable bonds is 1. The van der Waals surface area contributed by atoms with Gasteiger partial charge in [-0.05, 0) is 60.2 Å². The van der Waals surface area contributed by atoms with E-state index < -0.39 is 0 Å². The Balaban J connectivity index is 1.71. The molecule has 7 atom stereocenters. The van der Waals surface area contributed by atoms with E-state index in [9.17, 15) is 0 Å². The second kappa shape index (κ2) is 2.73. The third-order valence-corrected chi connectivity index (χ3v) is 6.26. The average molecular weight is 213 g/mol. The third-order valence-electron chi connectivity index (χ3n) is 6.26. The number of hydrogen-bond acceptors (Lipinski definition) is 1. The van der Waals surface area contributed by atoms with Crippen molar-refractivity contribution in [3.8, 4) is 6.07 Å². The molecule has 0 aromatic heterocycles. The summed E-state index contributed by atoms with van der Waals surface area (Å²) in [6.07, 6.45) is 9.97. The van der Waals surface area contributed by atoms with E-state index in [0.29, 0.717) is 5.41 Å². The molecule has 16 heavy (non-hydrogen) atoms. The monoisotopic (exact) mass is 213 g/mol. The van der Waals surface area contributed by atoms with Gasteiger partial charge in [0.25, 0.3) is 0 Å². The Bertz CT molecular complexity index is 404. The van der Waals surface area contributed by atoms with Crippen LogP contribution < -0.4 is 0 Å². The molecule has 84 valence electrons. The molecule has 0 aliphatic heterocycles. The number of allylic oxidation sites excluding steroid dienone is 2. The first-order valence-corrected chi connectivity index (χ1v) is 6.78. The topological polar surface area (TPSA) is 23.8 Å². The fourth-order valence-electron chi connectivity index (χ4n) is 5.87. The molecular weight excluding hydrogens is 194 g/mol. The van der Waals surface area contributed by atoms with Gasteiger partial charge in [0.05, 0.1) is 6.07 Å². The van der Waals surface area contributed by atoms with E-state index in [4.69, 9.17) is 5.26 Å². The molecule has 3 fully saturated rings. The molecule has 4 rings (SSSR count). The zero-order valence-electron chi connectivity index (χ0n) is 9.89. The van der Waals surface area contributed by atoms with Crippen molar-refractivity contribution in [3.05, 3.63) is 12.2 Å². The van der Waals surface area contributed by atoms with E-state index >= 15 is 0 Å². The molecule has 7 unspecified atom stereocenters. The van der Waals surface area contributed by atoms with Gasteiger partial charge in [-0.15, -0.1) is 0 Å². The van der Waals surface area contributed by atoms with Gasteiger partial charge in [-0.2, -0.15) is 5.26 Å². The summed E-state index contributed by atoms with van der Waals surface area (Å²) in [4.78, 5) is 0. The van der Waals surface area contributed by atoms with E-state index in [0.717, 1.165) is 41.9 Å². The van der Waals surface area contributed by atoms with E-state index in [-0.39, 0.29) is 0 Å². The van der Waals surface area contributed by atoms with Crippen LogP contribution in [0.15, 0.2) is 12.2 Å².